The van der Waals surface area contributed by atoms with Gasteiger partial charge in [0, 0.05) is 37.2 Å². The number of likely N-dealkylation sites (N-methyl/N-ethyl adjacent to an activating group) is 1. The molecule has 27 heavy (non-hydrogen) atoms. The number of amides is 3. The first kappa shape index (κ1) is 18.1. The maximum Gasteiger partial charge on any atom is 0.255 e. The van der Waals surface area contributed by atoms with E-state index in [9.17, 15) is 14.4 Å². The zero-order chi connectivity index (χ0) is 19.2. The summed E-state index contributed by atoms with van der Waals surface area (Å²) in [7, 11) is 2.07. The first-order valence-corrected chi connectivity index (χ1v) is 9.62. The Balaban J connectivity index is 1.57. The Labute approximate surface area is 158 Å². The van der Waals surface area contributed by atoms with Crippen molar-refractivity contribution in [2.45, 2.75) is 56.8 Å². The smallest absolute Gasteiger partial charge is 0.255 e. The molecule has 2 aliphatic heterocycles. The molecule has 0 radical (unpaired) electrons. The lowest BCUT2D eigenvalue weighted by molar-refractivity contribution is -0.136. The third kappa shape index (κ3) is 2.95. The van der Waals surface area contributed by atoms with Crippen LogP contribution in [0.15, 0.2) is 18.2 Å². The van der Waals surface area contributed by atoms with Crippen LogP contribution >= 0.6 is 0 Å². The van der Waals surface area contributed by atoms with Gasteiger partial charge in [0.2, 0.25) is 11.8 Å². The number of carbonyl (C=O) groups excluding carboxylic acids is 3. The molecule has 144 valence electrons. The highest BCUT2D eigenvalue weighted by Crippen LogP contribution is 2.38. The predicted molar refractivity (Wildman–Crippen MR) is 99.6 cm³/mol. The highest BCUT2D eigenvalue weighted by atomic mass is 16.2. The number of carbonyl (C=O) groups is 3. The van der Waals surface area contributed by atoms with E-state index in [4.69, 9.17) is 5.73 Å². The number of benzene rings is 1. The second kappa shape index (κ2) is 6.73. The van der Waals surface area contributed by atoms with E-state index >= 15 is 0 Å². The van der Waals surface area contributed by atoms with Gasteiger partial charge in [-0.25, -0.2) is 0 Å². The largest absolute Gasteiger partial charge is 0.329 e. The lowest BCUT2D eigenvalue weighted by Crippen LogP contribution is -2.56. The van der Waals surface area contributed by atoms with Gasteiger partial charge in [-0.15, -0.1) is 0 Å². The van der Waals surface area contributed by atoms with E-state index in [1.807, 2.05) is 18.2 Å². The normalized spacial score (nSPS) is 24.0. The number of nitrogens with one attached hydrogen (secondary N) is 1. The Morgan fingerprint density at radius 1 is 1.30 bits per heavy atom. The zero-order valence-corrected chi connectivity index (χ0v) is 15.7. The van der Waals surface area contributed by atoms with E-state index in [2.05, 4.69) is 17.3 Å². The molecule has 4 rings (SSSR count). The minimum Gasteiger partial charge on any atom is -0.329 e. The monoisotopic (exact) mass is 370 g/mol. The molecule has 1 aliphatic carbocycles. The Bertz CT molecular complexity index is 797. The molecule has 1 aromatic carbocycles. The van der Waals surface area contributed by atoms with Gasteiger partial charge < -0.3 is 10.6 Å². The van der Waals surface area contributed by atoms with E-state index in [0.717, 1.165) is 24.0 Å². The van der Waals surface area contributed by atoms with Crippen LogP contribution in [0.2, 0.25) is 0 Å². The van der Waals surface area contributed by atoms with Crippen molar-refractivity contribution in [3.05, 3.63) is 34.9 Å². The van der Waals surface area contributed by atoms with Crippen molar-refractivity contribution in [3.8, 4) is 0 Å². The van der Waals surface area contributed by atoms with E-state index in [1.54, 1.807) is 4.90 Å². The summed E-state index contributed by atoms with van der Waals surface area (Å²) in [6.45, 7) is 1.70. The summed E-state index contributed by atoms with van der Waals surface area (Å²) in [5.41, 5.74) is 8.70. The van der Waals surface area contributed by atoms with Crippen molar-refractivity contribution < 1.29 is 14.4 Å². The molecule has 1 saturated carbocycles. The molecule has 2 fully saturated rings. The summed E-state index contributed by atoms with van der Waals surface area (Å²) in [6, 6.07) is 5.34. The number of rotatable bonds is 5. The molecular formula is C20H26N4O3. The minimum atomic E-state index is -0.574. The van der Waals surface area contributed by atoms with Crippen LogP contribution in [-0.4, -0.2) is 52.7 Å². The molecule has 1 unspecified atom stereocenters. The first-order chi connectivity index (χ1) is 12.9. The maximum atomic E-state index is 13.1. The van der Waals surface area contributed by atoms with Crippen molar-refractivity contribution >= 4 is 17.7 Å². The summed E-state index contributed by atoms with van der Waals surface area (Å²) in [4.78, 5) is 40.7. The number of nitrogens with zero attached hydrogens (tertiary/aromatic N) is 2. The molecule has 1 saturated heterocycles. The van der Waals surface area contributed by atoms with Gasteiger partial charge in [0.1, 0.15) is 6.04 Å². The molecule has 2 heterocycles. The molecule has 0 bridgehead atoms. The van der Waals surface area contributed by atoms with Gasteiger partial charge >= 0.3 is 0 Å². The number of piperidine rings is 1. The fourth-order valence-electron chi connectivity index (χ4n) is 4.57. The lowest BCUT2D eigenvalue weighted by atomic mass is 9.75. The van der Waals surface area contributed by atoms with Crippen LogP contribution in [0.25, 0.3) is 0 Å². The van der Waals surface area contributed by atoms with Crippen LogP contribution in [-0.2, 0) is 22.7 Å². The fraction of sp³-hybridized carbons (Fsp3) is 0.550. The van der Waals surface area contributed by atoms with Gasteiger partial charge in [-0.3, -0.25) is 24.6 Å². The zero-order valence-electron chi connectivity index (χ0n) is 15.7. The van der Waals surface area contributed by atoms with Crippen molar-refractivity contribution in [1.29, 1.82) is 0 Å². The lowest BCUT2D eigenvalue weighted by Gasteiger charge is -2.48. The summed E-state index contributed by atoms with van der Waals surface area (Å²) in [5, 5.41) is 2.35. The molecule has 1 aromatic rings. The second-order valence-corrected chi connectivity index (χ2v) is 7.99. The molecule has 7 nitrogen and oxygen atoms in total. The van der Waals surface area contributed by atoms with Gasteiger partial charge in [0.25, 0.3) is 5.91 Å². The fourth-order valence-corrected chi connectivity index (χ4v) is 4.57. The standard InChI is InChI=1S/C20H26N4O3/c1-23(20(12-21)8-3-9-20)10-13-4-2-5-14-11-24(19(27)17(13)14)15-6-7-16(25)22-18(15)26/h2,4-5,15H,3,6-12,21H2,1H3,(H,22,25,26). The van der Waals surface area contributed by atoms with Gasteiger partial charge in [0.15, 0.2) is 0 Å². The Morgan fingerprint density at radius 3 is 2.70 bits per heavy atom. The average molecular weight is 370 g/mol. The number of hydrogen-bond donors (Lipinski definition) is 2. The van der Waals surface area contributed by atoms with Gasteiger partial charge in [-0.1, -0.05) is 18.2 Å². The highest BCUT2D eigenvalue weighted by Gasteiger charge is 2.42. The maximum absolute atomic E-state index is 13.1. The van der Waals surface area contributed by atoms with Crippen LogP contribution in [0.3, 0.4) is 0 Å². The molecule has 0 spiro atoms. The van der Waals surface area contributed by atoms with Crippen LogP contribution < -0.4 is 11.1 Å². The Hall–Kier alpha value is -2.25. The van der Waals surface area contributed by atoms with Gasteiger partial charge in [-0.2, -0.15) is 0 Å². The third-order valence-electron chi connectivity index (χ3n) is 6.52. The van der Waals surface area contributed by atoms with Crippen LogP contribution in [0, 0.1) is 0 Å². The number of imide groups is 1. The van der Waals surface area contributed by atoms with Crippen molar-refractivity contribution in [2.24, 2.45) is 5.73 Å². The summed E-state index contributed by atoms with van der Waals surface area (Å²) < 4.78 is 0. The highest BCUT2D eigenvalue weighted by molar-refractivity contribution is 6.05. The molecule has 1 atom stereocenters. The first-order valence-electron chi connectivity index (χ1n) is 9.62. The molecular weight excluding hydrogens is 344 g/mol. The predicted octanol–water partition coefficient (Wildman–Crippen LogP) is 0.761. The Kier molecular flexibility index (Phi) is 4.52. The molecule has 3 amide bonds. The van der Waals surface area contributed by atoms with Gasteiger partial charge in [0.05, 0.1) is 0 Å². The molecule has 0 aromatic heterocycles. The number of nitrogens with two attached hydrogens (primary N) is 1. The summed E-state index contributed by atoms with van der Waals surface area (Å²) >= 11 is 0. The molecule has 3 aliphatic rings. The van der Waals surface area contributed by atoms with Crippen LogP contribution in [0.1, 0.15) is 53.6 Å². The topological polar surface area (TPSA) is 95.7 Å². The van der Waals surface area contributed by atoms with E-state index in [1.165, 1.54) is 6.42 Å². The van der Waals surface area contributed by atoms with Crippen LogP contribution in [0.5, 0.6) is 0 Å². The van der Waals surface area contributed by atoms with Crippen molar-refractivity contribution in [3.63, 3.8) is 0 Å². The van der Waals surface area contributed by atoms with Gasteiger partial charge in [-0.05, 0) is 43.9 Å². The van der Waals surface area contributed by atoms with E-state index in [0.29, 0.717) is 31.6 Å². The summed E-state index contributed by atoms with van der Waals surface area (Å²) in [6.07, 6.45) is 4.02. The van der Waals surface area contributed by atoms with Crippen LogP contribution in [0.4, 0.5) is 0 Å². The number of hydrogen-bond acceptors (Lipinski definition) is 5. The van der Waals surface area contributed by atoms with E-state index in [-0.39, 0.29) is 29.7 Å². The molecule has 7 heteroatoms. The Morgan fingerprint density at radius 2 is 2.07 bits per heavy atom. The van der Waals surface area contributed by atoms with Crippen molar-refractivity contribution in [1.82, 2.24) is 15.1 Å². The summed E-state index contributed by atoms with van der Waals surface area (Å²) in [5.74, 6) is -0.753. The van der Waals surface area contributed by atoms with Crippen molar-refractivity contribution in [2.75, 3.05) is 13.6 Å². The average Bonchev–Trinajstić information content (AvgIpc) is 2.92. The quantitative estimate of drug-likeness (QED) is 0.746. The second-order valence-electron chi connectivity index (χ2n) is 7.99. The third-order valence-corrected chi connectivity index (χ3v) is 6.52. The molecule has 3 N–H and O–H groups in total. The minimum absolute atomic E-state index is 0.0354. The number of fused-ring (bicyclic) bond motifs is 1. The SMILES string of the molecule is CN(Cc1cccc2c1C(=O)N(C1CCC(=O)NC1=O)C2)C1(CN)CCC1. The van der Waals surface area contributed by atoms with E-state index < -0.39 is 6.04 Å².